The molecule has 118 valence electrons. The van der Waals surface area contributed by atoms with E-state index < -0.39 is 0 Å². The van der Waals surface area contributed by atoms with E-state index in [9.17, 15) is 4.79 Å². The molecule has 0 spiro atoms. The number of aromatic amines is 1. The van der Waals surface area contributed by atoms with E-state index in [1.807, 2.05) is 29.2 Å². The number of imidazole rings is 1. The lowest BCUT2D eigenvalue weighted by atomic mass is 9.96. The van der Waals surface area contributed by atoms with Crippen LogP contribution in [0.2, 0.25) is 0 Å². The molecule has 0 unspecified atom stereocenters. The van der Waals surface area contributed by atoms with Crippen LogP contribution in [0.5, 0.6) is 0 Å². The van der Waals surface area contributed by atoms with Gasteiger partial charge in [0.1, 0.15) is 5.82 Å². The molecule has 0 atom stereocenters. The van der Waals surface area contributed by atoms with Crippen LogP contribution in [-0.4, -0.2) is 40.7 Å². The molecule has 2 aromatic rings. The standard InChI is InChI=1S/C17H23N3O2/c1-2-3-12-22-17(21)20-10-8-13(9-11-20)16-18-14-6-4-5-7-15(14)19-16/h4-7,13H,2-3,8-12H2,1H3,(H,18,19). The van der Waals surface area contributed by atoms with E-state index in [0.717, 1.165) is 55.6 Å². The first-order valence-electron chi connectivity index (χ1n) is 8.14. The van der Waals surface area contributed by atoms with Gasteiger partial charge in [0, 0.05) is 19.0 Å². The van der Waals surface area contributed by atoms with Crippen LogP contribution in [0.4, 0.5) is 4.79 Å². The Labute approximate surface area is 130 Å². The Morgan fingerprint density at radius 1 is 1.36 bits per heavy atom. The van der Waals surface area contributed by atoms with E-state index in [-0.39, 0.29) is 6.09 Å². The van der Waals surface area contributed by atoms with Crippen LogP contribution < -0.4 is 0 Å². The van der Waals surface area contributed by atoms with Crippen LogP contribution in [-0.2, 0) is 4.74 Å². The molecule has 1 amide bonds. The fraction of sp³-hybridized carbons (Fsp3) is 0.529. The van der Waals surface area contributed by atoms with Gasteiger partial charge in [-0.15, -0.1) is 0 Å². The first-order chi connectivity index (χ1) is 10.8. The zero-order valence-corrected chi connectivity index (χ0v) is 13.0. The number of nitrogens with one attached hydrogen (secondary N) is 1. The van der Waals surface area contributed by atoms with Crippen molar-refractivity contribution in [1.82, 2.24) is 14.9 Å². The van der Waals surface area contributed by atoms with Crippen molar-refractivity contribution in [2.45, 2.75) is 38.5 Å². The summed E-state index contributed by atoms with van der Waals surface area (Å²) in [4.78, 5) is 21.8. The predicted molar refractivity (Wildman–Crippen MR) is 85.9 cm³/mol. The number of carbonyl (C=O) groups excluding carboxylic acids is 1. The van der Waals surface area contributed by atoms with Gasteiger partial charge in [0.2, 0.25) is 0 Å². The molecule has 1 saturated heterocycles. The number of benzene rings is 1. The molecule has 1 aliphatic rings. The van der Waals surface area contributed by atoms with Crippen molar-refractivity contribution in [1.29, 1.82) is 0 Å². The quantitative estimate of drug-likeness (QED) is 0.876. The summed E-state index contributed by atoms with van der Waals surface area (Å²) in [6.45, 7) is 4.10. The van der Waals surface area contributed by atoms with Gasteiger partial charge < -0.3 is 14.6 Å². The number of piperidine rings is 1. The highest BCUT2D eigenvalue weighted by molar-refractivity contribution is 5.74. The van der Waals surface area contributed by atoms with Crippen LogP contribution in [0.3, 0.4) is 0 Å². The van der Waals surface area contributed by atoms with Crippen molar-refractivity contribution in [3.05, 3.63) is 30.1 Å². The molecular formula is C17H23N3O2. The summed E-state index contributed by atoms with van der Waals surface area (Å²) in [6.07, 6.45) is 3.67. The molecule has 1 fully saturated rings. The lowest BCUT2D eigenvalue weighted by Gasteiger charge is -2.30. The van der Waals surface area contributed by atoms with Crippen molar-refractivity contribution in [2.75, 3.05) is 19.7 Å². The Kier molecular flexibility index (Phi) is 4.61. The van der Waals surface area contributed by atoms with Crippen LogP contribution in [0.15, 0.2) is 24.3 Å². The smallest absolute Gasteiger partial charge is 0.409 e. The minimum atomic E-state index is -0.170. The Hall–Kier alpha value is -2.04. The summed E-state index contributed by atoms with van der Waals surface area (Å²) in [6, 6.07) is 8.09. The molecular weight excluding hydrogens is 278 g/mol. The van der Waals surface area contributed by atoms with Gasteiger partial charge in [-0.25, -0.2) is 9.78 Å². The molecule has 0 aliphatic carbocycles. The minimum absolute atomic E-state index is 0.170. The molecule has 3 rings (SSSR count). The number of hydrogen-bond acceptors (Lipinski definition) is 3. The maximum absolute atomic E-state index is 11.9. The van der Waals surface area contributed by atoms with E-state index in [1.165, 1.54) is 0 Å². The largest absolute Gasteiger partial charge is 0.449 e. The first kappa shape index (κ1) is 14.9. The van der Waals surface area contributed by atoms with Gasteiger partial charge in [-0.2, -0.15) is 0 Å². The Balaban J connectivity index is 1.56. The zero-order valence-electron chi connectivity index (χ0n) is 13.0. The third kappa shape index (κ3) is 3.24. The van der Waals surface area contributed by atoms with Crippen molar-refractivity contribution in [3.8, 4) is 0 Å². The van der Waals surface area contributed by atoms with Gasteiger partial charge in [0.25, 0.3) is 0 Å². The first-order valence-corrected chi connectivity index (χ1v) is 8.14. The molecule has 0 bridgehead atoms. The zero-order chi connectivity index (χ0) is 15.4. The van der Waals surface area contributed by atoms with Gasteiger partial charge in [0.15, 0.2) is 0 Å². The van der Waals surface area contributed by atoms with Crippen molar-refractivity contribution < 1.29 is 9.53 Å². The molecule has 1 aliphatic heterocycles. The lowest BCUT2D eigenvalue weighted by Crippen LogP contribution is -2.38. The minimum Gasteiger partial charge on any atom is -0.449 e. The second-order valence-corrected chi connectivity index (χ2v) is 5.87. The summed E-state index contributed by atoms with van der Waals surface area (Å²) in [5.41, 5.74) is 2.10. The number of hydrogen-bond donors (Lipinski definition) is 1. The van der Waals surface area contributed by atoms with Crippen molar-refractivity contribution >= 4 is 17.1 Å². The number of aromatic nitrogens is 2. The van der Waals surface area contributed by atoms with E-state index in [4.69, 9.17) is 4.74 Å². The van der Waals surface area contributed by atoms with Crippen LogP contribution >= 0.6 is 0 Å². The van der Waals surface area contributed by atoms with Gasteiger partial charge >= 0.3 is 6.09 Å². The normalized spacial score (nSPS) is 16.1. The topological polar surface area (TPSA) is 58.2 Å². The predicted octanol–water partition coefficient (Wildman–Crippen LogP) is 3.68. The number of likely N-dealkylation sites (tertiary alicyclic amines) is 1. The van der Waals surface area contributed by atoms with E-state index >= 15 is 0 Å². The third-order valence-electron chi connectivity index (χ3n) is 4.27. The molecule has 2 heterocycles. The number of nitrogens with zero attached hydrogens (tertiary/aromatic N) is 2. The van der Waals surface area contributed by atoms with Gasteiger partial charge in [-0.05, 0) is 31.4 Å². The average Bonchev–Trinajstić information content (AvgIpc) is 2.99. The number of H-pyrrole nitrogens is 1. The summed E-state index contributed by atoms with van der Waals surface area (Å²) in [5, 5.41) is 0. The molecule has 5 nitrogen and oxygen atoms in total. The number of amides is 1. The molecule has 0 saturated carbocycles. The molecule has 0 radical (unpaired) electrons. The molecule has 1 aromatic heterocycles. The summed E-state index contributed by atoms with van der Waals surface area (Å²) in [5.74, 6) is 1.44. The number of ether oxygens (including phenoxy) is 1. The molecule has 5 heteroatoms. The lowest BCUT2D eigenvalue weighted by molar-refractivity contribution is 0.0912. The highest BCUT2D eigenvalue weighted by Gasteiger charge is 2.26. The molecule has 22 heavy (non-hydrogen) atoms. The number of rotatable bonds is 4. The van der Waals surface area contributed by atoms with E-state index in [1.54, 1.807) is 0 Å². The Morgan fingerprint density at radius 2 is 2.14 bits per heavy atom. The van der Waals surface area contributed by atoms with Crippen LogP contribution in [0.25, 0.3) is 11.0 Å². The SMILES string of the molecule is CCCCOC(=O)N1CCC(c2nc3ccccc3[nH]2)CC1. The molecule has 1 N–H and O–H groups in total. The fourth-order valence-corrected chi connectivity index (χ4v) is 2.90. The van der Waals surface area contributed by atoms with Gasteiger partial charge in [-0.3, -0.25) is 0 Å². The van der Waals surface area contributed by atoms with Crippen LogP contribution in [0.1, 0.15) is 44.3 Å². The van der Waals surface area contributed by atoms with E-state index in [0.29, 0.717) is 12.5 Å². The summed E-state index contributed by atoms with van der Waals surface area (Å²) in [7, 11) is 0. The maximum Gasteiger partial charge on any atom is 0.409 e. The maximum atomic E-state index is 11.9. The second-order valence-electron chi connectivity index (χ2n) is 5.87. The van der Waals surface area contributed by atoms with Crippen molar-refractivity contribution in [2.24, 2.45) is 0 Å². The monoisotopic (exact) mass is 301 g/mol. The fourth-order valence-electron chi connectivity index (χ4n) is 2.90. The number of carbonyl (C=O) groups is 1. The average molecular weight is 301 g/mol. The van der Waals surface area contributed by atoms with Crippen LogP contribution in [0, 0.1) is 0 Å². The number of unbranched alkanes of at least 4 members (excludes halogenated alkanes) is 1. The van der Waals surface area contributed by atoms with Crippen molar-refractivity contribution in [3.63, 3.8) is 0 Å². The summed E-state index contributed by atoms with van der Waals surface area (Å²) >= 11 is 0. The number of fused-ring (bicyclic) bond motifs is 1. The molecule has 1 aromatic carbocycles. The van der Waals surface area contributed by atoms with Gasteiger partial charge in [0.05, 0.1) is 17.6 Å². The highest BCUT2D eigenvalue weighted by atomic mass is 16.6. The highest BCUT2D eigenvalue weighted by Crippen LogP contribution is 2.27. The second kappa shape index (κ2) is 6.81. The van der Waals surface area contributed by atoms with E-state index in [2.05, 4.69) is 16.9 Å². The van der Waals surface area contributed by atoms with Gasteiger partial charge in [-0.1, -0.05) is 25.5 Å². The third-order valence-corrected chi connectivity index (χ3v) is 4.27. The summed E-state index contributed by atoms with van der Waals surface area (Å²) < 4.78 is 5.27. The Bertz CT molecular complexity index is 597. The Morgan fingerprint density at radius 3 is 2.86 bits per heavy atom. The number of para-hydroxylation sites is 2.